The van der Waals surface area contributed by atoms with Crippen LogP contribution in [0.4, 0.5) is 0 Å². The third-order valence-electron chi connectivity index (χ3n) is 5.90. The molecule has 0 unspecified atom stereocenters. The highest BCUT2D eigenvalue weighted by molar-refractivity contribution is 5.85. The van der Waals surface area contributed by atoms with E-state index >= 15 is 0 Å². The van der Waals surface area contributed by atoms with Gasteiger partial charge in [0, 0.05) is 17.7 Å². The van der Waals surface area contributed by atoms with Gasteiger partial charge in [-0.05, 0) is 65.6 Å². The number of H-pyrrole nitrogens is 1. The van der Waals surface area contributed by atoms with Crippen molar-refractivity contribution in [3.63, 3.8) is 0 Å². The predicted octanol–water partition coefficient (Wildman–Crippen LogP) is 3.07. The van der Waals surface area contributed by atoms with Crippen LogP contribution < -0.4 is 5.73 Å². The number of piperidine rings is 1. The van der Waals surface area contributed by atoms with Gasteiger partial charge in [0.25, 0.3) is 0 Å². The summed E-state index contributed by atoms with van der Waals surface area (Å²) in [5, 5.41) is 12.1. The largest absolute Gasteiger partial charge is 0.328 e. The van der Waals surface area contributed by atoms with Gasteiger partial charge >= 0.3 is 0 Å². The normalized spacial score (nSPS) is 24.3. The van der Waals surface area contributed by atoms with E-state index in [0.29, 0.717) is 18.0 Å². The molecule has 0 aromatic carbocycles. The number of aromatic nitrogens is 5. The number of rotatable bonds is 3. The molecule has 1 aliphatic carbocycles. The lowest BCUT2D eigenvalue weighted by atomic mass is 9.85. The van der Waals surface area contributed by atoms with E-state index in [0.717, 1.165) is 74.5 Å². The maximum atomic E-state index is 6.11. The zero-order valence-electron chi connectivity index (χ0n) is 16.1. The second kappa shape index (κ2) is 9.37. The summed E-state index contributed by atoms with van der Waals surface area (Å²) in [6.45, 7) is 4.27. The fourth-order valence-corrected chi connectivity index (χ4v) is 4.19. The molecule has 152 valence electrons. The van der Waals surface area contributed by atoms with Crippen molar-refractivity contribution in [1.29, 1.82) is 0 Å². The first-order valence-corrected chi connectivity index (χ1v) is 9.52. The Bertz CT molecular complexity index is 674. The second-order valence-electron chi connectivity index (χ2n) is 7.79. The highest BCUT2D eigenvalue weighted by Gasteiger charge is 2.30. The van der Waals surface area contributed by atoms with Gasteiger partial charge in [-0.3, -0.25) is 5.10 Å². The van der Waals surface area contributed by atoms with Gasteiger partial charge in [0.1, 0.15) is 5.82 Å². The molecule has 3 N–H and O–H groups in total. The van der Waals surface area contributed by atoms with E-state index in [1.807, 2.05) is 13.1 Å². The standard InChI is InChI=1S/C18H29N7.2ClH/c1-12-16(11-20-22-12)17-21-18(13-3-5-14(19)6-4-13)25(23-17)15-7-9-24(2)10-8-15;;/h11,13-15H,3-10,19H2,1-2H3,(H,20,22);2*1H. The van der Waals surface area contributed by atoms with E-state index in [1.54, 1.807) is 0 Å². The first-order valence-electron chi connectivity index (χ1n) is 9.52. The first kappa shape index (κ1) is 22.1. The minimum absolute atomic E-state index is 0. The molecule has 1 aliphatic heterocycles. The highest BCUT2D eigenvalue weighted by Crippen LogP contribution is 2.35. The Kier molecular flexibility index (Phi) is 7.68. The zero-order valence-corrected chi connectivity index (χ0v) is 17.7. The number of hydrogen-bond donors (Lipinski definition) is 2. The second-order valence-corrected chi connectivity index (χ2v) is 7.79. The van der Waals surface area contributed by atoms with Gasteiger partial charge in [-0.1, -0.05) is 0 Å². The van der Waals surface area contributed by atoms with Crippen LogP contribution in [0.3, 0.4) is 0 Å². The van der Waals surface area contributed by atoms with Gasteiger partial charge in [-0.15, -0.1) is 24.8 Å². The van der Waals surface area contributed by atoms with Crippen molar-refractivity contribution >= 4 is 24.8 Å². The third-order valence-corrected chi connectivity index (χ3v) is 5.90. The van der Waals surface area contributed by atoms with Crippen LogP contribution >= 0.6 is 24.8 Å². The summed E-state index contributed by atoms with van der Waals surface area (Å²) in [6.07, 6.45) is 8.54. The molecule has 7 nitrogen and oxygen atoms in total. The van der Waals surface area contributed by atoms with Crippen LogP contribution in [-0.4, -0.2) is 56.0 Å². The summed E-state index contributed by atoms with van der Waals surface area (Å²) in [5.41, 5.74) is 8.15. The number of hydrogen-bond acceptors (Lipinski definition) is 5. The zero-order chi connectivity index (χ0) is 17.4. The average molecular weight is 416 g/mol. The van der Waals surface area contributed by atoms with Gasteiger partial charge in [0.2, 0.25) is 0 Å². The number of likely N-dealkylation sites (tertiary alicyclic amines) is 1. The predicted molar refractivity (Wildman–Crippen MR) is 112 cm³/mol. The van der Waals surface area contributed by atoms with Crippen LogP contribution in [0, 0.1) is 6.92 Å². The number of halogens is 2. The quantitative estimate of drug-likeness (QED) is 0.803. The average Bonchev–Trinajstić information content (AvgIpc) is 3.22. The van der Waals surface area contributed by atoms with Crippen molar-refractivity contribution in [2.24, 2.45) is 5.73 Å². The molecule has 2 fully saturated rings. The Morgan fingerprint density at radius 1 is 1.07 bits per heavy atom. The monoisotopic (exact) mass is 415 g/mol. The van der Waals surface area contributed by atoms with E-state index in [2.05, 4.69) is 26.8 Å². The van der Waals surface area contributed by atoms with Crippen molar-refractivity contribution in [2.45, 2.75) is 63.5 Å². The summed E-state index contributed by atoms with van der Waals surface area (Å²) < 4.78 is 2.25. The lowest BCUT2D eigenvalue weighted by molar-refractivity contribution is 0.206. The maximum Gasteiger partial charge on any atom is 0.184 e. The number of nitrogens with zero attached hydrogens (tertiary/aromatic N) is 5. The molecule has 4 rings (SSSR count). The van der Waals surface area contributed by atoms with E-state index in [-0.39, 0.29) is 24.8 Å². The van der Waals surface area contributed by atoms with Gasteiger partial charge in [-0.25, -0.2) is 9.67 Å². The molecule has 3 heterocycles. The van der Waals surface area contributed by atoms with Gasteiger partial charge in [0.15, 0.2) is 5.82 Å². The van der Waals surface area contributed by atoms with Gasteiger partial charge in [-0.2, -0.15) is 10.2 Å². The van der Waals surface area contributed by atoms with Crippen molar-refractivity contribution in [1.82, 2.24) is 29.9 Å². The number of nitrogens with two attached hydrogens (primary N) is 1. The molecule has 9 heteroatoms. The fraction of sp³-hybridized carbons (Fsp3) is 0.722. The molecule has 2 aromatic heterocycles. The maximum absolute atomic E-state index is 6.11. The molecule has 27 heavy (non-hydrogen) atoms. The summed E-state index contributed by atoms with van der Waals surface area (Å²) >= 11 is 0. The first-order chi connectivity index (χ1) is 12.1. The van der Waals surface area contributed by atoms with Gasteiger partial charge < -0.3 is 10.6 Å². The van der Waals surface area contributed by atoms with Crippen LogP contribution in [0.5, 0.6) is 0 Å². The smallest absolute Gasteiger partial charge is 0.184 e. The van der Waals surface area contributed by atoms with Crippen LogP contribution in [0.1, 0.15) is 62.0 Å². The lowest BCUT2D eigenvalue weighted by Gasteiger charge is -2.32. The summed E-state index contributed by atoms with van der Waals surface area (Å²) in [7, 11) is 2.20. The molecule has 0 amide bonds. The highest BCUT2D eigenvalue weighted by atomic mass is 35.5. The van der Waals surface area contributed by atoms with Crippen LogP contribution in [0.25, 0.3) is 11.4 Å². The van der Waals surface area contributed by atoms with Crippen LogP contribution in [-0.2, 0) is 0 Å². The number of nitrogens with one attached hydrogen (secondary N) is 1. The Morgan fingerprint density at radius 2 is 1.74 bits per heavy atom. The molecular formula is C18H31Cl2N7. The topological polar surface area (TPSA) is 88.7 Å². The molecule has 0 atom stereocenters. The van der Waals surface area contributed by atoms with Gasteiger partial charge in [0.05, 0.1) is 17.8 Å². The Hall–Kier alpha value is -1.15. The van der Waals surface area contributed by atoms with E-state index in [4.69, 9.17) is 15.8 Å². The van der Waals surface area contributed by atoms with Crippen molar-refractivity contribution in [3.05, 3.63) is 17.7 Å². The third kappa shape index (κ3) is 4.65. The Balaban J connectivity index is 0.00000131. The fourth-order valence-electron chi connectivity index (χ4n) is 4.19. The molecule has 2 aromatic rings. The van der Waals surface area contributed by atoms with Crippen LogP contribution in [0.2, 0.25) is 0 Å². The number of aromatic amines is 1. The van der Waals surface area contributed by atoms with Crippen LogP contribution in [0.15, 0.2) is 6.20 Å². The Labute approximate surface area is 173 Å². The lowest BCUT2D eigenvalue weighted by Crippen LogP contribution is -2.33. The molecule has 1 saturated carbocycles. The van der Waals surface area contributed by atoms with E-state index < -0.39 is 0 Å². The molecule has 1 saturated heterocycles. The molecule has 0 radical (unpaired) electrons. The summed E-state index contributed by atoms with van der Waals surface area (Å²) in [6, 6.07) is 0.807. The SMILES string of the molecule is Cc1[nH]ncc1-c1nc(C2CCC(N)CC2)n(C2CCN(C)CC2)n1.Cl.Cl. The summed E-state index contributed by atoms with van der Waals surface area (Å²) in [4.78, 5) is 7.39. The molecule has 0 spiro atoms. The number of aryl methyl sites for hydroxylation is 1. The minimum atomic E-state index is 0. The summed E-state index contributed by atoms with van der Waals surface area (Å²) in [5.74, 6) is 2.46. The van der Waals surface area contributed by atoms with Crippen molar-refractivity contribution in [3.8, 4) is 11.4 Å². The van der Waals surface area contributed by atoms with Crippen molar-refractivity contribution < 1.29 is 0 Å². The molecular weight excluding hydrogens is 385 g/mol. The molecule has 2 aliphatic rings. The minimum Gasteiger partial charge on any atom is -0.328 e. The Morgan fingerprint density at radius 3 is 2.33 bits per heavy atom. The van der Waals surface area contributed by atoms with E-state index in [9.17, 15) is 0 Å². The molecule has 0 bridgehead atoms. The van der Waals surface area contributed by atoms with Crippen molar-refractivity contribution in [2.75, 3.05) is 20.1 Å². The van der Waals surface area contributed by atoms with E-state index in [1.165, 1.54) is 0 Å².